The third kappa shape index (κ3) is 6.18. The molecule has 0 heterocycles. The fraction of sp³-hybridized carbons (Fsp3) is 0.846. The maximum absolute atomic E-state index is 12.4. The number of rotatable bonds is 8. The van der Waals surface area contributed by atoms with Crippen LogP contribution in [0.15, 0.2) is 0 Å². The summed E-state index contributed by atoms with van der Waals surface area (Å²) in [5.74, 6) is 0.132. The Hall–Kier alpha value is -0.910. The summed E-state index contributed by atoms with van der Waals surface area (Å²) in [5, 5.41) is 8.82. The second-order valence-corrected chi connectivity index (χ2v) is 5.74. The molecule has 0 aromatic heterocycles. The lowest BCUT2D eigenvalue weighted by Gasteiger charge is -2.34. The second-order valence-electron chi connectivity index (χ2n) is 4.76. The van der Waals surface area contributed by atoms with Crippen LogP contribution < -0.4 is 0 Å². The van der Waals surface area contributed by atoms with Crippen molar-refractivity contribution in [3.8, 4) is 0 Å². The topological polar surface area (TPSA) is 60.9 Å². The highest BCUT2D eigenvalue weighted by Gasteiger charge is 2.25. The van der Waals surface area contributed by atoms with Crippen LogP contribution in [0.1, 0.15) is 33.6 Å². The SMILES string of the molecule is CCN(C(=O)N(C)C(C)CCSC)C(C)CC(=O)O. The minimum atomic E-state index is -0.878. The first-order valence-corrected chi connectivity index (χ1v) is 7.98. The molecule has 0 radical (unpaired) electrons. The van der Waals surface area contributed by atoms with Gasteiger partial charge in [0.15, 0.2) is 0 Å². The van der Waals surface area contributed by atoms with Gasteiger partial charge in [0.1, 0.15) is 0 Å². The zero-order chi connectivity index (χ0) is 15.0. The molecular weight excluding hydrogens is 264 g/mol. The molecule has 5 nitrogen and oxygen atoms in total. The molecular formula is C13H26N2O3S. The van der Waals surface area contributed by atoms with Crippen LogP contribution >= 0.6 is 11.8 Å². The molecule has 0 fully saturated rings. The first-order chi connectivity index (χ1) is 8.84. The fourth-order valence-corrected chi connectivity index (χ4v) is 2.45. The number of aliphatic carboxylic acids is 1. The molecule has 0 saturated carbocycles. The number of carbonyl (C=O) groups excluding carboxylic acids is 1. The van der Waals surface area contributed by atoms with E-state index in [4.69, 9.17) is 5.11 Å². The Kier molecular flexibility index (Phi) is 8.63. The van der Waals surface area contributed by atoms with Gasteiger partial charge in [-0.1, -0.05) is 0 Å². The summed E-state index contributed by atoms with van der Waals surface area (Å²) in [7, 11) is 1.78. The van der Waals surface area contributed by atoms with Crippen LogP contribution in [-0.4, -0.2) is 64.6 Å². The van der Waals surface area contributed by atoms with Gasteiger partial charge in [0.2, 0.25) is 0 Å². The molecule has 19 heavy (non-hydrogen) atoms. The molecule has 0 bridgehead atoms. The number of thioether (sulfide) groups is 1. The molecule has 1 N–H and O–H groups in total. The summed E-state index contributed by atoms with van der Waals surface area (Å²) in [6, 6.07) is -0.221. The average Bonchev–Trinajstić information content (AvgIpc) is 2.34. The Morgan fingerprint density at radius 2 is 1.84 bits per heavy atom. The Labute approximate surface area is 120 Å². The van der Waals surface area contributed by atoms with E-state index in [-0.39, 0.29) is 24.5 Å². The molecule has 2 atom stereocenters. The molecule has 0 aromatic carbocycles. The number of carboxylic acids is 1. The molecule has 0 aliphatic carbocycles. The van der Waals surface area contributed by atoms with E-state index in [1.807, 2.05) is 20.1 Å². The Morgan fingerprint density at radius 1 is 1.26 bits per heavy atom. The Balaban J connectivity index is 4.59. The molecule has 2 unspecified atom stereocenters. The van der Waals surface area contributed by atoms with Gasteiger partial charge in [0.25, 0.3) is 0 Å². The van der Waals surface area contributed by atoms with Gasteiger partial charge < -0.3 is 14.9 Å². The van der Waals surface area contributed by atoms with Crippen LogP contribution in [0, 0.1) is 0 Å². The van der Waals surface area contributed by atoms with Crippen molar-refractivity contribution in [3.05, 3.63) is 0 Å². The van der Waals surface area contributed by atoms with E-state index >= 15 is 0 Å². The largest absolute Gasteiger partial charge is 0.481 e. The van der Waals surface area contributed by atoms with Gasteiger partial charge in [0, 0.05) is 25.7 Å². The quantitative estimate of drug-likeness (QED) is 0.745. The van der Waals surface area contributed by atoms with Crippen LogP contribution in [0.2, 0.25) is 0 Å². The van der Waals surface area contributed by atoms with Crippen molar-refractivity contribution in [3.63, 3.8) is 0 Å². The number of amides is 2. The Morgan fingerprint density at radius 3 is 2.26 bits per heavy atom. The summed E-state index contributed by atoms with van der Waals surface area (Å²) in [6.07, 6.45) is 2.96. The summed E-state index contributed by atoms with van der Waals surface area (Å²) in [4.78, 5) is 26.4. The highest BCUT2D eigenvalue weighted by atomic mass is 32.2. The predicted molar refractivity (Wildman–Crippen MR) is 79.7 cm³/mol. The van der Waals surface area contributed by atoms with E-state index in [1.54, 1.807) is 35.5 Å². The maximum Gasteiger partial charge on any atom is 0.320 e. The van der Waals surface area contributed by atoms with Crippen LogP contribution in [0.3, 0.4) is 0 Å². The maximum atomic E-state index is 12.4. The number of urea groups is 1. The zero-order valence-electron chi connectivity index (χ0n) is 12.5. The van der Waals surface area contributed by atoms with Gasteiger partial charge in [-0.3, -0.25) is 4.79 Å². The lowest BCUT2D eigenvalue weighted by molar-refractivity contribution is -0.138. The van der Waals surface area contributed by atoms with Crippen molar-refractivity contribution in [2.75, 3.05) is 25.6 Å². The van der Waals surface area contributed by atoms with Crippen molar-refractivity contribution in [1.82, 2.24) is 9.80 Å². The fourth-order valence-electron chi connectivity index (χ4n) is 1.87. The first kappa shape index (κ1) is 18.1. The summed E-state index contributed by atoms with van der Waals surface area (Å²) in [6.45, 7) is 6.18. The molecule has 112 valence electrons. The lowest BCUT2D eigenvalue weighted by Crippen LogP contribution is -2.49. The predicted octanol–water partition coefficient (Wildman–Crippen LogP) is 2.36. The molecule has 0 saturated heterocycles. The number of hydrogen-bond donors (Lipinski definition) is 1. The molecule has 0 aromatic rings. The van der Waals surface area contributed by atoms with Gasteiger partial charge in [-0.15, -0.1) is 0 Å². The van der Waals surface area contributed by atoms with E-state index < -0.39 is 5.97 Å². The second kappa shape index (κ2) is 9.07. The Bertz CT molecular complexity index is 300. The van der Waals surface area contributed by atoms with Gasteiger partial charge in [-0.05, 0) is 39.2 Å². The monoisotopic (exact) mass is 290 g/mol. The van der Waals surface area contributed by atoms with Gasteiger partial charge >= 0.3 is 12.0 Å². The number of carbonyl (C=O) groups is 2. The molecule has 0 spiro atoms. The van der Waals surface area contributed by atoms with Crippen molar-refractivity contribution in [1.29, 1.82) is 0 Å². The molecule has 0 aliphatic rings. The molecule has 2 amide bonds. The van der Waals surface area contributed by atoms with E-state index in [0.29, 0.717) is 6.54 Å². The standard InChI is InChI=1S/C13H26N2O3S/c1-6-15(11(3)9-12(16)17)13(18)14(4)10(2)7-8-19-5/h10-11H,6-9H2,1-5H3,(H,16,17). The highest BCUT2D eigenvalue weighted by Crippen LogP contribution is 2.12. The van der Waals surface area contributed by atoms with E-state index in [0.717, 1.165) is 12.2 Å². The summed E-state index contributed by atoms with van der Waals surface area (Å²) >= 11 is 1.76. The van der Waals surface area contributed by atoms with Gasteiger partial charge in [-0.25, -0.2) is 4.79 Å². The first-order valence-electron chi connectivity index (χ1n) is 6.59. The number of hydrogen-bond acceptors (Lipinski definition) is 3. The van der Waals surface area contributed by atoms with Crippen LogP contribution in [0.25, 0.3) is 0 Å². The third-order valence-corrected chi connectivity index (χ3v) is 3.94. The third-order valence-electron chi connectivity index (χ3n) is 3.29. The molecule has 0 rings (SSSR count). The van der Waals surface area contributed by atoms with Crippen LogP contribution in [0.4, 0.5) is 4.79 Å². The smallest absolute Gasteiger partial charge is 0.320 e. The summed E-state index contributed by atoms with van der Waals surface area (Å²) < 4.78 is 0. The zero-order valence-corrected chi connectivity index (χ0v) is 13.4. The van der Waals surface area contributed by atoms with Crippen LogP contribution in [0.5, 0.6) is 0 Å². The van der Waals surface area contributed by atoms with Crippen molar-refractivity contribution < 1.29 is 14.7 Å². The normalized spacial score (nSPS) is 13.7. The lowest BCUT2D eigenvalue weighted by atomic mass is 10.2. The van der Waals surface area contributed by atoms with E-state index in [2.05, 4.69) is 0 Å². The average molecular weight is 290 g/mol. The highest BCUT2D eigenvalue weighted by molar-refractivity contribution is 7.98. The summed E-state index contributed by atoms with van der Waals surface area (Å²) in [5.41, 5.74) is 0. The molecule has 6 heteroatoms. The minimum absolute atomic E-state index is 0.0212. The van der Waals surface area contributed by atoms with Crippen LogP contribution in [-0.2, 0) is 4.79 Å². The number of carboxylic acid groups (broad SMARTS) is 1. The van der Waals surface area contributed by atoms with E-state index in [9.17, 15) is 9.59 Å². The van der Waals surface area contributed by atoms with E-state index in [1.165, 1.54) is 0 Å². The van der Waals surface area contributed by atoms with Gasteiger partial charge in [-0.2, -0.15) is 11.8 Å². The van der Waals surface area contributed by atoms with Gasteiger partial charge in [0.05, 0.1) is 6.42 Å². The number of nitrogens with zero attached hydrogens (tertiary/aromatic N) is 2. The van der Waals surface area contributed by atoms with Crippen molar-refractivity contribution >= 4 is 23.8 Å². The van der Waals surface area contributed by atoms with Crippen molar-refractivity contribution in [2.45, 2.75) is 45.7 Å². The van der Waals surface area contributed by atoms with Crippen molar-refractivity contribution in [2.24, 2.45) is 0 Å². The molecule has 0 aliphatic heterocycles. The minimum Gasteiger partial charge on any atom is -0.481 e.